The highest BCUT2D eigenvalue weighted by Gasteiger charge is 2.03. The molecule has 0 aliphatic carbocycles. The second-order valence-corrected chi connectivity index (χ2v) is 4.56. The molecule has 3 aromatic rings. The van der Waals surface area contributed by atoms with Gasteiger partial charge < -0.3 is 0 Å². The largest absolute Gasteiger partial charge is 0.265 e. The van der Waals surface area contributed by atoms with Crippen molar-refractivity contribution in [3.8, 4) is 22.3 Å². The summed E-state index contributed by atoms with van der Waals surface area (Å²) in [5.74, 6) is 0. The number of nitrogens with zero attached hydrogens (tertiary/aromatic N) is 2. The van der Waals surface area contributed by atoms with Crippen LogP contribution >= 0.6 is 0 Å². The number of hydrogen-bond donors (Lipinski definition) is 0. The Bertz CT molecular complexity index is 618. The molecule has 2 heteroatoms. The van der Waals surface area contributed by atoms with E-state index in [4.69, 9.17) is 0 Å². The molecule has 0 fully saturated rings. The van der Waals surface area contributed by atoms with Crippen LogP contribution in [0.5, 0.6) is 0 Å². The van der Waals surface area contributed by atoms with Gasteiger partial charge in [0, 0.05) is 24.8 Å². The van der Waals surface area contributed by atoms with Crippen LogP contribution in [0.15, 0.2) is 67.3 Å². The van der Waals surface area contributed by atoms with Gasteiger partial charge in [0.15, 0.2) is 0 Å². The lowest BCUT2D eigenvalue weighted by Gasteiger charge is -2.08. The van der Waals surface area contributed by atoms with Crippen molar-refractivity contribution in [2.75, 3.05) is 0 Å². The van der Waals surface area contributed by atoms with Crippen LogP contribution in [0, 0.1) is 6.92 Å². The maximum absolute atomic E-state index is 4.07. The van der Waals surface area contributed by atoms with Gasteiger partial charge in [-0.2, -0.15) is 0 Å². The maximum Gasteiger partial charge on any atom is 0.0273 e. The number of benzene rings is 1. The number of rotatable bonds is 2. The monoisotopic (exact) mass is 246 g/mol. The number of aryl methyl sites for hydroxylation is 1. The Kier molecular flexibility index (Phi) is 3.07. The Morgan fingerprint density at radius 1 is 0.579 bits per heavy atom. The van der Waals surface area contributed by atoms with Gasteiger partial charge in [-0.25, -0.2) is 0 Å². The van der Waals surface area contributed by atoms with Crippen molar-refractivity contribution in [1.82, 2.24) is 9.97 Å². The summed E-state index contributed by atoms with van der Waals surface area (Å²) < 4.78 is 0. The van der Waals surface area contributed by atoms with Gasteiger partial charge in [-0.1, -0.05) is 12.1 Å². The smallest absolute Gasteiger partial charge is 0.0273 e. The second-order valence-electron chi connectivity index (χ2n) is 4.56. The van der Waals surface area contributed by atoms with Crippen LogP contribution in [0.4, 0.5) is 0 Å². The third-order valence-corrected chi connectivity index (χ3v) is 3.10. The molecule has 0 bridgehead atoms. The van der Waals surface area contributed by atoms with Crippen molar-refractivity contribution >= 4 is 0 Å². The van der Waals surface area contributed by atoms with E-state index < -0.39 is 0 Å². The molecule has 0 amide bonds. The van der Waals surface area contributed by atoms with Gasteiger partial charge in [-0.05, 0) is 65.1 Å². The van der Waals surface area contributed by atoms with Crippen LogP contribution in [-0.2, 0) is 0 Å². The predicted molar refractivity (Wildman–Crippen MR) is 77.6 cm³/mol. The molecule has 0 saturated carbocycles. The van der Waals surface area contributed by atoms with Crippen LogP contribution in [0.25, 0.3) is 22.3 Å². The van der Waals surface area contributed by atoms with Gasteiger partial charge in [0.25, 0.3) is 0 Å². The highest BCUT2D eigenvalue weighted by molar-refractivity contribution is 5.73. The van der Waals surface area contributed by atoms with Crippen molar-refractivity contribution in [2.45, 2.75) is 6.92 Å². The number of hydrogen-bond acceptors (Lipinski definition) is 2. The number of aromatic nitrogens is 2. The SMILES string of the molecule is Cc1cc(-c2ccncc2)cc(-c2ccncc2)c1. The molecule has 2 heterocycles. The van der Waals surface area contributed by atoms with Crippen molar-refractivity contribution < 1.29 is 0 Å². The molecule has 0 N–H and O–H groups in total. The van der Waals surface area contributed by atoms with Crippen LogP contribution in [-0.4, -0.2) is 9.97 Å². The van der Waals surface area contributed by atoms with E-state index in [0.29, 0.717) is 0 Å². The summed E-state index contributed by atoms with van der Waals surface area (Å²) >= 11 is 0. The molecule has 2 nitrogen and oxygen atoms in total. The quantitative estimate of drug-likeness (QED) is 0.679. The molecule has 0 saturated heterocycles. The van der Waals surface area contributed by atoms with Crippen molar-refractivity contribution in [3.05, 3.63) is 72.8 Å². The lowest BCUT2D eigenvalue weighted by atomic mass is 9.98. The van der Waals surface area contributed by atoms with Crippen LogP contribution in [0.2, 0.25) is 0 Å². The fourth-order valence-corrected chi connectivity index (χ4v) is 2.21. The van der Waals surface area contributed by atoms with Gasteiger partial charge in [0.05, 0.1) is 0 Å². The van der Waals surface area contributed by atoms with Gasteiger partial charge >= 0.3 is 0 Å². The molecular weight excluding hydrogens is 232 g/mol. The Balaban J connectivity index is 2.12. The third-order valence-electron chi connectivity index (χ3n) is 3.10. The molecule has 2 aromatic heterocycles. The van der Waals surface area contributed by atoms with Crippen LogP contribution in [0.1, 0.15) is 5.56 Å². The first-order valence-electron chi connectivity index (χ1n) is 6.25. The average Bonchev–Trinajstić information content (AvgIpc) is 2.48. The van der Waals surface area contributed by atoms with Gasteiger partial charge in [-0.15, -0.1) is 0 Å². The topological polar surface area (TPSA) is 25.8 Å². The zero-order chi connectivity index (χ0) is 13.1. The third kappa shape index (κ3) is 2.52. The summed E-state index contributed by atoms with van der Waals surface area (Å²) in [6.07, 6.45) is 7.29. The number of pyridine rings is 2. The normalized spacial score (nSPS) is 10.4. The molecule has 19 heavy (non-hydrogen) atoms. The maximum atomic E-state index is 4.07. The molecular formula is C17H14N2. The zero-order valence-corrected chi connectivity index (χ0v) is 10.7. The van der Waals surface area contributed by atoms with Gasteiger partial charge in [-0.3, -0.25) is 9.97 Å². The summed E-state index contributed by atoms with van der Waals surface area (Å²) in [6.45, 7) is 2.12. The molecule has 0 atom stereocenters. The first-order valence-corrected chi connectivity index (χ1v) is 6.25. The second kappa shape index (κ2) is 5.02. The van der Waals surface area contributed by atoms with Crippen LogP contribution in [0.3, 0.4) is 0 Å². The molecule has 92 valence electrons. The molecule has 0 radical (unpaired) electrons. The molecule has 0 aliphatic heterocycles. The van der Waals surface area contributed by atoms with Crippen molar-refractivity contribution in [3.63, 3.8) is 0 Å². The highest BCUT2D eigenvalue weighted by Crippen LogP contribution is 2.27. The lowest BCUT2D eigenvalue weighted by molar-refractivity contribution is 1.32. The summed E-state index contributed by atoms with van der Waals surface area (Å²) in [7, 11) is 0. The van der Waals surface area contributed by atoms with E-state index in [9.17, 15) is 0 Å². The van der Waals surface area contributed by atoms with E-state index in [1.54, 1.807) is 0 Å². The summed E-state index contributed by atoms with van der Waals surface area (Å²) in [4.78, 5) is 8.13. The zero-order valence-electron chi connectivity index (χ0n) is 10.7. The Morgan fingerprint density at radius 3 is 1.42 bits per heavy atom. The van der Waals surface area contributed by atoms with Crippen molar-refractivity contribution in [1.29, 1.82) is 0 Å². The fourth-order valence-electron chi connectivity index (χ4n) is 2.21. The predicted octanol–water partition coefficient (Wildman–Crippen LogP) is 4.12. The van der Waals surface area contributed by atoms with Crippen LogP contribution < -0.4 is 0 Å². The van der Waals surface area contributed by atoms with E-state index >= 15 is 0 Å². The molecule has 3 rings (SSSR count). The summed E-state index contributed by atoms with van der Waals surface area (Å²) in [5.41, 5.74) is 6.06. The summed E-state index contributed by atoms with van der Waals surface area (Å²) in [6, 6.07) is 14.7. The van der Waals surface area contributed by atoms with E-state index in [2.05, 4.69) is 35.1 Å². The van der Waals surface area contributed by atoms with Crippen molar-refractivity contribution in [2.24, 2.45) is 0 Å². The van der Waals surface area contributed by atoms with Gasteiger partial charge in [0.2, 0.25) is 0 Å². The molecule has 0 spiro atoms. The van der Waals surface area contributed by atoms with Gasteiger partial charge in [0.1, 0.15) is 0 Å². The first-order chi connectivity index (χ1) is 9.33. The fraction of sp³-hybridized carbons (Fsp3) is 0.0588. The Hall–Kier alpha value is -2.48. The van der Waals surface area contributed by atoms with E-state index in [0.717, 1.165) is 0 Å². The summed E-state index contributed by atoms with van der Waals surface area (Å²) in [5, 5.41) is 0. The minimum Gasteiger partial charge on any atom is -0.265 e. The van der Waals surface area contributed by atoms with E-state index in [1.165, 1.54) is 27.8 Å². The molecule has 0 unspecified atom stereocenters. The van der Waals surface area contributed by atoms with E-state index in [1.807, 2.05) is 49.1 Å². The highest BCUT2D eigenvalue weighted by atomic mass is 14.6. The lowest BCUT2D eigenvalue weighted by Crippen LogP contribution is -1.85. The Labute approximate surface area is 112 Å². The minimum atomic E-state index is 1.19. The Morgan fingerprint density at radius 2 is 1.00 bits per heavy atom. The first kappa shape index (κ1) is 11.6. The molecule has 0 aliphatic rings. The standard InChI is InChI=1S/C17H14N2/c1-13-10-16(14-2-6-18-7-3-14)12-17(11-13)15-4-8-19-9-5-15/h2-12H,1H3. The minimum absolute atomic E-state index is 1.19. The van der Waals surface area contributed by atoms with E-state index in [-0.39, 0.29) is 0 Å². The average molecular weight is 246 g/mol. The molecule has 1 aromatic carbocycles.